The molecule has 3 heteroatoms. The van der Waals surface area contributed by atoms with Crippen LogP contribution in [0.15, 0.2) is 0 Å². The molecule has 1 aliphatic rings. The van der Waals surface area contributed by atoms with Gasteiger partial charge in [-0.15, -0.1) is 0 Å². The first-order valence-corrected chi connectivity index (χ1v) is 6.07. The van der Waals surface area contributed by atoms with Crippen molar-refractivity contribution >= 4 is 5.91 Å². The molecule has 1 rings (SSSR count). The van der Waals surface area contributed by atoms with Crippen LogP contribution in [0.2, 0.25) is 0 Å². The van der Waals surface area contributed by atoms with E-state index in [1.54, 1.807) is 0 Å². The monoisotopic (exact) mass is 212 g/mol. The molecule has 0 aromatic heterocycles. The molecular formula is C12H24N2O. The molecular weight excluding hydrogens is 188 g/mol. The van der Waals surface area contributed by atoms with Crippen molar-refractivity contribution in [1.82, 2.24) is 10.6 Å². The Kier molecular flexibility index (Phi) is 4.58. The summed E-state index contributed by atoms with van der Waals surface area (Å²) in [5.74, 6) is 1.43. The lowest BCUT2D eigenvalue weighted by Crippen LogP contribution is -2.42. The minimum atomic E-state index is 0.123. The van der Waals surface area contributed by atoms with E-state index in [1.807, 2.05) is 0 Å². The van der Waals surface area contributed by atoms with Crippen molar-refractivity contribution in [3.63, 3.8) is 0 Å². The van der Waals surface area contributed by atoms with Crippen molar-refractivity contribution in [1.29, 1.82) is 0 Å². The molecule has 88 valence electrons. The second-order valence-electron chi connectivity index (χ2n) is 4.99. The van der Waals surface area contributed by atoms with Crippen LogP contribution in [-0.2, 0) is 4.79 Å². The van der Waals surface area contributed by atoms with Gasteiger partial charge in [0.2, 0.25) is 5.91 Å². The highest BCUT2D eigenvalue weighted by Crippen LogP contribution is 2.32. The third-order valence-electron chi connectivity index (χ3n) is 3.36. The fraction of sp³-hybridized carbons (Fsp3) is 0.917. The van der Waals surface area contributed by atoms with Crippen LogP contribution in [0.1, 0.15) is 40.5 Å². The predicted molar refractivity (Wildman–Crippen MR) is 62.6 cm³/mol. The average molecular weight is 212 g/mol. The Bertz CT molecular complexity index is 216. The molecule has 0 heterocycles. The Labute approximate surface area is 93.0 Å². The summed E-state index contributed by atoms with van der Waals surface area (Å²) in [6.07, 6.45) is 2.46. The number of hydrogen-bond acceptors (Lipinski definition) is 2. The maximum absolute atomic E-state index is 11.5. The first-order chi connectivity index (χ1) is 7.04. The summed E-state index contributed by atoms with van der Waals surface area (Å²) in [7, 11) is 0. The van der Waals surface area contributed by atoms with Gasteiger partial charge in [-0.25, -0.2) is 0 Å². The van der Waals surface area contributed by atoms with E-state index < -0.39 is 0 Å². The average Bonchev–Trinajstić information content (AvgIpc) is 2.93. The summed E-state index contributed by atoms with van der Waals surface area (Å²) in [6, 6.07) is 0.857. The summed E-state index contributed by atoms with van der Waals surface area (Å²) in [5.41, 5.74) is 0. The van der Waals surface area contributed by atoms with E-state index in [2.05, 4.69) is 38.3 Å². The van der Waals surface area contributed by atoms with Crippen LogP contribution in [0.25, 0.3) is 0 Å². The number of rotatable bonds is 6. The molecule has 0 aliphatic heterocycles. The minimum Gasteiger partial charge on any atom is -0.352 e. The van der Waals surface area contributed by atoms with Gasteiger partial charge < -0.3 is 10.6 Å². The predicted octanol–water partition coefficient (Wildman–Crippen LogP) is 1.54. The molecule has 1 fully saturated rings. The number of carbonyl (C=O) groups excluding carboxylic acids is 1. The van der Waals surface area contributed by atoms with Crippen LogP contribution in [-0.4, -0.2) is 24.5 Å². The van der Waals surface area contributed by atoms with Crippen LogP contribution >= 0.6 is 0 Å². The number of amides is 1. The SMILES string of the molecule is CCC1CC1NCC(=O)NC(C)C(C)C. The third kappa shape index (κ3) is 4.20. The highest BCUT2D eigenvalue weighted by molar-refractivity contribution is 5.78. The van der Waals surface area contributed by atoms with Crippen LogP contribution in [0, 0.1) is 11.8 Å². The Morgan fingerprint density at radius 2 is 2.07 bits per heavy atom. The molecule has 0 bridgehead atoms. The maximum Gasteiger partial charge on any atom is 0.234 e. The Balaban J connectivity index is 2.09. The van der Waals surface area contributed by atoms with Gasteiger partial charge in [0.25, 0.3) is 0 Å². The van der Waals surface area contributed by atoms with Gasteiger partial charge in [0.15, 0.2) is 0 Å². The van der Waals surface area contributed by atoms with E-state index in [0.29, 0.717) is 18.5 Å². The van der Waals surface area contributed by atoms with Crippen LogP contribution in [0.3, 0.4) is 0 Å². The Morgan fingerprint density at radius 3 is 2.53 bits per heavy atom. The van der Waals surface area contributed by atoms with Gasteiger partial charge in [-0.1, -0.05) is 27.2 Å². The van der Waals surface area contributed by atoms with Crippen molar-refractivity contribution in [3.05, 3.63) is 0 Å². The smallest absolute Gasteiger partial charge is 0.234 e. The molecule has 3 atom stereocenters. The standard InChI is InChI=1S/C12H24N2O/c1-5-10-6-11(10)13-7-12(15)14-9(4)8(2)3/h8-11,13H,5-7H2,1-4H3,(H,14,15). The van der Waals surface area contributed by atoms with Gasteiger partial charge in [0, 0.05) is 12.1 Å². The molecule has 1 saturated carbocycles. The van der Waals surface area contributed by atoms with Crippen molar-refractivity contribution in [2.24, 2.45) is 11.8 Å². The van der Waals surface area contributed by atoms with Crippen LogP contribution in [0.4, 0.5) is 0 Å². The lowest BCUT2D eigenvalue weighted by Gasteiger charge is -2.17. The van der Waals surface area contributed by atoms with Crippen LogP contribution in [0.5, 0.6) is 0 Å². The number of hydrogen-bond donors (Lipinski definition) is 2. The van der Waals surface area contributed by atoms with Crippen molar-refractivity contribution in [3.8, 4) is 0 Å². The van der Waals surface area contributed by atoms with Crippen molar-refractivity contribution in [2.45, 2.75) is 52.6 Å². The maximum atomic E-state index is 11.5. The van der Waals surface area contributed by atoms with E-state index in [1.165, 1.54) is 12.8 Å². The minimum absolute atomic E-state index is 0.123. The van der Waals surface area contributed by atoms with Gasteiger partial charge >= 0.3 is 0 Å². The highest BCUT2D eigenvalue weighted by atomic mass is 16.1. The molecule has 0 spiro atoms. The first kappa shape index (κ1) is 12.5. The van der Waals surface area contributed by atoms with Gasteiger partial charge in [0.05, 0.1) is 6.54 Å². The van der Waals surface area contributed by atoms with E-state index in [-0.39, 0.29) is 11.9 Å². The molecule has 0 aromatic rings. The number of carbonyl (C=O) groups is 1. The Hall–Kier alpha value is -0.570. The van der Waals surface area contributed by atoms with Crippen molar-refractivity contribution < 1.29 is 4.79 Å². The first-order valence-electron chi connectivity index (χ1n) is 6.07. The van der Waals surface area contributed by atoms with Gasteiger partial charge in [-0.3, -0.25) is 4.79 Å². The fourth-order valence-electron chi connectivity index (χ4n) is 1.64. The highest BCUT2D eigenvalue weighted by Gasteiger charge is 2.34. The molecule has 1 aliphatic carbocycles. The normalized spacial score (nSPS) is 26.5. The second-order valence-corrected chi connectivity index (χ2v) is 4.99. The molecule has 3 unspecified atom stereocenters. The molecule has 0 radical (unpaired) electrons. The summed E-state index contributed by atoms with van der Waals surface area (Å²) >= 11 is 0. The van der Waals surface area contributed by atoms with Gasteiger partial charge in [-0.2, -0.15) is 0 Å². The zero-order valence-corrected chi connectivity index (χ0v) is 10.3. The zero-order chi connectivity index (χ0) is 11.4. The molecule has 2 N–H and O–H groups in total. The molecule has 0 aromatic carbocycles. The quantitative estimate of drug-likeness (QED) is 0.701. The van der Waals surface area contributed by atoms with E-state index in [4.69, 9.17) is 0 Å². The third-order valence-corrected chi connectivity index (χ3v) is 3.36. The summed E-state index contributed by atoms with van der Waals surface area (Å²) < 4.78 is 0. The Morgan fingerprint density at radius 1 is 1.40 bits per heavy atom. The summed E-state index contributed by atoms with van der Waals surface area (Å²) in [6.45, 7) is 8.96. The largest absolute Gasteiger partial charge is 0.352 e. The van der Waals surface area contributed by atoms with E-state index >= 15 is 0 Å². The molecule has 3 nitrogen and oxygen atoms in total. The zero-order valence-electron chi connectivity index (χ0n) is 10.3. The molecule has 1 amide bonds. The fourth-order valence-corrected chi connectivity index (χ4v) is 1.64. The summed E-state index contributed by atoms with van der Waals surface area (Å²) in [4.78, 5) is 11.5. The van der Waals surface area contributed by atoms with E-state index in [9.17, 15) is 4.79 Å². The molecule has 15 heavy (non-hydrogen) atoms. The second kappa shape index (κ2) is 5.50. The van der Waals surface area contributed by atoms with Crippen LogP contribution < -0.4 is 10.6 Å². The van der Waals surface area contributed by atoms with Crippen molar-refractivity contribution in [2.75, 3.05) is 6.54 Å². The topological polar surface area (TPSA) is 41.1 Å². The lowest BCUT2D eigenvalue weighted by atomic mass is 10.1. The van der Waals surface area contributed by atoms with Gasteiger partial charge in [-0.05, 0) is 25.2 Å². The lowest BCUT2D eigenvalue weighted by molar-refractivity contribution is -0.121. The van der Waals surface area contributed by atoms with E-state index in [0.717, 1.165) is 5.92 Å². The molecule has 0 saturated heterocycles. The number of nitrogens with one attached hydrogen (secondary N) is 2. The van der Waals surface area contributed by atoms with Gasteiger partial charge in [0.1, 0.15) is 0 Å². The summed E-state index contributed by atoms with van der Waals surface area (Å²) in [5, 5.41) is 6.28.